The first kappa shape index (κ1) is 20.4. The number of likely N-dealkylation sites (tertiary alicyclic amines) is 1. The topological polar surface area (TPSA) is 24.5 Å². The zero-order valence-corrected chi connectivity index (χ0v) is 18.0. The lowest BCUT2D eigenvalue weighted by Crippen LogP contribution is -2.60. The van der Waals surface area contributed by atoms with Crippen LogP contribution < -0.4 is 5.32 Å². The Labute approximate surface area is 176 Å². The summed E-state index contributed by atoms with van der Waals surface area (Å²) in [5.41, 5.74) is 1.93. The molecule has 1 saturated heterocycles. The van der Waals surface area contributed by atoms with E-state index in [1.165, 1.54) is 0 Å². The molecule has 0 spiro atoms. The Hall–Kier alpha value is -1.33. The van der Waals surface area contributed by atoms with Gasteiger partial charge < -0.3 is 15.0 Å². The van der Waals surface area contributed by atoms with E-state index in [2.05, 4.69) is 43.1 Å². The summed E-state index contributed by atoms with van der Waals surface area (Å²) in [5, 5.41) is 5.33. The Bertz CT molecular complexity index is 802. The van der Waals surface area contributed by atoms with Crippen molar-refractivity contribution in [2.24, 2.45) is 0 Å². The van der Waals surface area contributed by atoms with E-state index in [1.54, 1.807) is 6.07 Å². The fraction of sp³-hybridized carbons (Fsp3) is 0.381. The molecule has 3 nitrogen and oxygen atoms in total. The molecule has 1 atom stereocenters. The van der Waals surface area contributed by atoms with Gasteiger partial charge in [-0.25, -0.2) is 0 Å². The average Bonchev–Trinajstić information content (AvgIpc) is 2.54. The van der Waals surface area contributed by atoms with Gasteiger partial charge in [0.1, 0.15) is 6.10 Å². The van der Waals surface area contributed by atoms with Gasteiger partial charge in [-0.3, -0.25) is 0 Å². The minimum atomic E-state index is -0.243. The molecule has 2 aromatic rings. The van der Waals surface area contributed by atoms with Gasteiger partial charge in [0.25, 0.3) is 0 Å². The van der Waals surface area contributed by atoms with E-state index < -0.39 is 0 Å². The Morgan fingerprint density at radius 2 is 1.81 bits per heavy atom. The molecule has 0 aromatic heterocycles. The third-order valence-corrected chi connectivity index (χ3v) is 5.22. The van der Waals surface area contributed by atoms with E-state index in [4.69, 9.17) is 40.2 Å². The number of halogens is 2. The second-order valence-electron chi connectivity index (χ2n) is 7.80. The van der Waals surface area contributed by atoms with E-state index >= 15 is 0 Å². The van der Waals surface area contributed by atoms with Gasteiger partial charge in [-0.1, -0.05) is 59.6 Å². The largest absolute Gasteiger partial charge is 0.362 e. The van der Waals surface area contributed by atoms with Crippen molar-refractivity contribution in [3.8, 4) is 0 Å². The summed E-state index contributed by atoms with van der Waals surface area (Å²) in [7, 11) is 0. The molecule has 6 heteroatoms. The standard InChI is InChI=1S/C21H24Cl2N2OS/c1-21(2,3)24-20(27)25-12-16(13-25)26-19(14-7-5-4-6-8-14)17-10-9-15(22)11-18(17)23/h4-11,16,19H,12-13H2,1-3H3,(H,24,27). The lowest BCUT2D eigenvalue weighted by molar-refractivity contribution is -0.0576. The maximum Gasteiger partial charge on any atom is 0.169 e. The third-order valence-electron chi connectivity index (χ3n) is 4.29. The van der Waals surface area contributed by atoms with Crippen LogP contribution in [0, 0.1) is 0 Å². The van der Waals surface area contributed by atoms with Crippen LogP contribution in [-0.4, -0.2) is 34.7 Å². The Morgan fingerprint density at radius 3 is 2.41 bits per heavy atom. The maximum atomic E-state index is 6.46. The van der Waals surface area contributed by atoms with Crippen molar-refractivity contribution >= 4 is 40.5 Å². The second-order valence-corrected chi connectivity index (χ2v) is 9.03. The summed E-state index contributed by atoms with van der Waals surface area (Å²) in [6, 6.07) is 15.6. The lowest BCUT2D eigenvalue weighted by atomic mass is 10.0. The highest BCUT2D eigenvalue weighted by atomic mass is 35.5. The number of rotatable bonds is 4. The van der Waals surface area contributed by atoms with Crippen molar-refractivity contribution in [3.63, 3.8) is 0 Å². The molecular formula is C21H24Cl2N2OS. The van der Waals surface area contributed by atoms with Crippen LogP contribution in [0.4, 0.5) is 0 Å². The molecule has 0 bridgehead atoms. The SMILES string of the molecule is CC(C)(C)NC(=S)N1CC(OC(c2ccccc2)c2ccc(Cl)cc2Cl)C1. The van der Waals surface area contributed by atoms with Crippen molar-refractivity contribution in [1.29, 1.82) is 0 Å². The van der Waals surface area contributed by atoms with Crippen molar-refractivity contribution in [3.05, 3.63) is 69.7 Å². The monoisotopic (exact) mass is 422 g/mol. The maximum absolute atomic E-state index is 6.46. The van der Waals surface area contributed by atoms with Crippen LogP contribution in [0.5, 0.6) is 0 Å². The molecule has 1 aliphatic heterocycles. The number of hydrogen-bond acceptors (Lipinski definition) is 2. The van der Waals surface area contributed by atoms with Crippen molar-refractivity contribution in [1.82, 2.24) is 10.2 Å². The van der Waals surface area contributed by atoms with E-state index in [1.807, 2.05) is 30.3 Å². The number of ether oxygens (including phenoxy) is 1. The molecule has 27 heavy (non-hydrogen) atoms. The molecule has 144 valence electrons. The summed E-state index contributed by atoms with van der Waals surface area (Å²) in [4.78, 5) is 2.12. The van der Waals surface area contributed by atoms with Gasteiger partial charge in [0.05, 0.1) is 6.10 Å². The van der Waals surface area contributed by atoms with Gasteiger partial charge in [0.2, 0.25) is 0 Å². The Morgan fingerprint density at radius 1 is 1.15 bits per heavy atom. The Balaban J connectivity index is 1.72. The molecule has 0 aliphatic carbocycles. The smallest absolute Gasteiger partial charge is 0.169 e. The highest BCUT2D eigenvalue weighted by molar-refractivity contribution is 7.80. The number of hydrogen-bond donors (Lipinski definition) is 1. The van der Waals surface area contributed by atoms with Crippen LogP contribution in [0.2, 0.25) is 10.0 Å². The van der Waals surface area contributed by atoms with Crippen LogP contribution in [0.1, 0.15) is 38.0 Å². The molecule has 1 N–H and O–H groups in total. The summed E-state index contributed by atoms with van der Waals surface area (Å²) in [6.07, 6.45) is -0.158. The number of nitrogens with one attached hydrogen (secondary N) is 1. The summed E-state index contributed by atoms with van der Waals surface area (Å²) >= 11 is 18.0. The highest BCUT2D eigenvalue weighted by Gasteiger charge is 2.33. The lowest BCUT2D eigenvalue weighted by Gasteiger charge is -2.43. The van der Waals surface area contributed by atoms with Gasteiger partial charge in [0, 0.05) is 34.2 Å². The van der Waals surface area contributed by atoms with Crippen molar-refractivity contribution < 1.29 is 4.74 Å². The van der Waals surface area contributed by atoms with Crippen LogP contribution in [0.25, 0.3) is 0 Å². The summed E-state index contributed by atoms with van der Waals surface area (Å²) < 4.78 is 6.43. The molecule has 1 fully saturated rings. The van der Waals surface area contributed by atoms with Crippen molar-refractivity contribution in [2.45, 2.75) is 38.5 Å². The van der Waals surface area contributed by atoms with E-state index in [9.17, 15) is 0 Å². The van der Waals surface area contributed by atoms with Crippen molar-refractivity contribution in [2.75, 3.05) is 13.1 Å². The first-order valence-corrected chi connectivity index (χ1v) is 10.1. The predicted molar refractivity (Wildman–Crippen MR) is 117 cm³/mol. The molecule has 0 amide bonds. The molecule has 0 saturated carbocycles. The normalized spacial score (nSPS) is 16.0. The third kappa shape index (κ3) is 5.35. The predicted octanol–water partition coefficient (Wildman–Crippen LogP) is 5.46. The first-order valence-electron chi connectivity index (χ1n) is 8.95. The molecule has 0 radical (unpaired) electrons. The van der Waals surface area contributed by atoms with Crippen LogP contribution >= 0.6 is 35.4 Å². The van der Waals surface area contributed by atoms with E-state index in [0.29, 0.717) is 10.0 Å². The molecule has 1 aliphatic rings. The van der Waals surface area contributed by atoms with Gasteiger partial charge in [-0.05, 0) is 50.7 Å². The van der Waals surface area contributed by atoms with Crippen LogP contribution in [-0.2, 0) is 4.74 Å². The molecule has 1 unspecified atom stereocenters. The fourth-order valence-corrected chi connectivity index (χ4v) is 3.92. The molecule has 1 heterocycles. The minimum absolute atomic E-state index is 0.0492. The summed E-state index contributed by atoms with van der Waals surface area (Å²) in [5.74, 6) is 0. The number of nitrogens with zero attached hydrogens (tertiary/aromatic N) is 1. The van der Waals surface area contributed by atoms with Gasteiger partial charge >= 0.3 is 0 Å². The number of benzene rings is 2. The van der Waals surface area contributed by atoms with Crippen LogP contribution in [0.15, 0.2) is 48.5 Å². The fourth-order valence-electron chi connectivity index (χ4n) is 2.96. The van der Waals surface area contributed by atoms with Crippen LogP contribution in [0.3, 0.4) is 0 Å². The van der Waals surface area contributed by atoms with Gasteiger partial charge in [-0.2, -0.15) is 0 Å². The Kier molecular flexibility index (Phi) is 6.32. The van der Waals surface area contributed by atoms with Gasteiger partial charge in [-0.15, -0.1) is 0 Å². The van der Waals surface area contributed by atoms with E-state index in [-0.39, 0.29) is 17.7 Å². The molecule has 3 rings (SSSR count). The zero-order valence-electron chi connectivity index (χ0n) is 15.7. The number of thiocarbonyl (C=S) groups is 1. The average molecular weight is 423 g/mol. The second kappa shape index (κ2) is 8.36. The van der Waals surface area contributed by atoms with E-state index in [0.717, 1.165) is 29.3 Å². The first-order chi connectivity index (χ1) is 12.7. The molecule has 2 aromatic carbocycles. The summed E-state index contributed by atoms with van der Waals surface area (Å²) in [6.45, 7) is 7.82. The minimum Gasteiger partial charge on any atom is -0.362 e. The molecular weight excluding hydrogens is 399 g/mol. The van der Waals surface area contributed by atoms with Gasteiger partial charge in [0.15, 0.2) is 5.11 Å². The zero-order chi connectivity index (χ0) is 19.6. The highest BCUT2D eigenvalue weighted by Crippen LogP contribution is 2.35. The quantitative estimate of drug-likeness (QED) is 0.661.